The van der Waals surface area contributed by atoms with Crippen molar-refractivity contribution < 1.29 is 18.3 Å². The third kappa shape index (κ3) is 5.01. The summed E-state index contributed by atoms with van der Waals surface area (Å²) in [4.78, 5) is 12.0. The van der Waals surface area contributed by atoms with Crippen LogP contribution in [0.5, 0.6) is 0 Å². The number of ether oxygens (including phenoxy) is 1. The van der Waals surface area contributed by atoms with Gasteiger partial charge in [0.25, 0.3) is 0 Å². The Morgan fingerprint density at radius 3 is 2.78 bits per heavy atom. The largest absolute Gasteiger partial charge is 0.383 e. The second kappa shape index (κ2) is 7.33. The molecule has 0 radical (unpaired) electrons. The van der Waals surface area contributed by atoms with Crippen molar-refractivity contribution in [3.05, 3.63) is 29.8 Å². The van der Waals surface area contributed by atoms with Crippen molar-refractivity contribution in [1.29, 1.82) is 0 Å². The van der Waals surface area contributed by atoms with Crippen LogP contribution < -0.4 is 5.32 Å². The van der Waals surface area contributed by atoms with Crippen LogP contribution in [0.4, 0.5) is 8.78 Å². The summed E-state index contributed by atoms with van der Waals surface area (Å²) < 4.78 is 30.5. The van der Waals surface area contributed by atoms with Gasteiger partial charge >= 0.3 is 0 Å². The Morgan fingerprint density at radius 2 is 2.17 bits per heavy atom. The summed E-state index contributed by atoms with van der Waals surface area (Å²) in [5.41, 5.74) is 0. The number of benzene rings is 1. The lowest BCUT2D eigenvalue weighted by molar-refractivity contribution is -0.119. The van der Waals surface area contributed by atoms with Crippen LogP contribution in [0.15, 0.2) is 23.1 Å². The van der Waals surface area contributed by atoms with E-state index >= 15 is 0 Å². The van der Waals surface area contributed by atoms with Crippen LogP contribution >= 0.6 is 11.8 Å². The first-order valence-corrected chi connectivity index (χ1v) is 6.37. The first-order valence-electron chi connectivity index (χ1n) is 5.39. The fraction of sp³-hybridized carbons (Fsp3) is 0.417. The van der Waals surface area contributed by atoms with E-state index < -0.39 is 11.6 Å². The summed E-state index contributed by atoms with van der Waals surface area (Å²) in [6.45, 7) is 2.26. The number of carbonyl (C=O) groups excluding carboxylic acids is 1. The summed E-state index contributed by atoms with van der Waals surface area (Å²) in [7, 11) is 1.55. The first kappa shape index (κ1) is 14.9. The molecule has 1 N–H and O–H groups in total. The van der Waals surface area contributed by atoms with E-state index in [1.165, 1.54) is 6.07 Å². The number of halogens is 2. The molecule has 1 amide bonds. The highest BCUT2D eigenvalue weighted by atomic mass is 32.2. The van der Waals surface area contributed by atoms with Gasteiger partial charge < -0.3 is 10.1 Å². The van der Waals surface area contributed by atoms with Crippen LogP contribution in [-0.4, -0.2) is 31.4 Å². The summed E-state index contributed by atoms with van der Waals surface area (Å²) in [6, 6.07) is 3.48. The van der Waals surface area contributed by atoms with E-state index in [4.69, 9.17) is 4.74 Å². The molecule has 0 saturated heterocycles. The lowest BCUT2D eigenvalue weighted by Crippen LogP contribution is -2.36. The van der Waals surface area contributed by atoms with Crippen molar-refractivity contribution in [2.45, 2.75) is 17.9 Å². The average molecular weight is 275 g/mol. The Balaban J connectivity index is 2.40. The summed E-state index contributed by atoms with van der Waals surface area (Å²) >= 11 is 1.15. The van der Waals surface area contributed by atoms with Gasteiger partial charge in [0.2, 0.25) is 5.91 Å². The third-order valence-electron chi connectivity index (χ3n) is 2.09. The zero-order chi connectivity index (χ0) is 13.5. The van der Waals surface area contributed by atoms with E-state index in [2.05, 4.69) is 5.32 Å². The van der Waals surface area contributed by atoms with Gasteiger partial charge in [-0.2, -0.15) is 0 Å². The molecular formula is C12H15F2NO2S. The van der Waals surface area contributed by atoms with Gasteiger partial charge in [-0.15, -0.1) is 11.8 Å². The topological polar surface area (TPSA) is 38.3 Å². The molecule has 1 aromatic rings. The lowest BCUT2D eigenvalue weighted by atomic mass is 10.3. The van der Waals surface area contributed by atoms with E-state index in [1.54, 1.807) is 7.11 Å². The predicted molar refractivity (Wildman–Crippen MR) is 66.6 cm³/mol. The van der Waals surface area contributed by atoms with Gasteiger partial charge in [0.15, 0.2) is 11.6 Å². The van der Waals surface area contributed by atoms with Gasteiger partial charge in [0.05, 0.1) is 12.4 Å². The summed E-state index contributed by atoms with van der Waals surface area (Å²) in [5, 5.41) is 2.72. The molecule has 0 fully saturated rings. The highest BCUT2D eigenvalue weighted by Crippen LogP contribution is 2.20. The number of thioether (sulfide) groups is 1. The molecule has 100 valence electrons. The van der Waals surface area contributed by atoms with E-state index in [0.29, 0.717) is 11.5 Å². The van der Waals surface area contributed by atoms with Gasteiger partial charge in [-0.3, -0.25) is 4.79 Å². The molecule has 0 heterocycles. The van der Waals surface area contributed by atoms with E-state index in [1.807, 2.05) is 6.92 Å². The molecule has 0 bridgehead atoms. The molecular weight excluding hydrogens is 260 g/mol. The SMILES string of the molecule is COCC(C)NC(=O)CSc1ccc(F)c(F)c1. The molecule has 1 rings (SSSR count). The van der Waals surface area contributed by atoms with E-state index in [0.717, 1.165) is 23.9 Å². The Labute approximate surface area is 109 Å². The van der Waals surface area contributed by atoms with Gasteiger partial charge in [-0.05, 0) is 25.1 Å². The van der Waals surface area contributed by atoms with Crippen LogP contribution in [0.2, 0.25) is 0 Å². The number of hydrogen-bond acceptors (Lipinski definition) is 3. The zero-order valence-electron chi connectivity index (χ0n) is 10.2. The quantitative estimate of drug-likeness (QED) is 0.809. The lowest BCUT2D eigenvalue weighted by Gasteiger charge is -2.12. The van der Waals surface area contributed by atoms with Crippen LogP contribution in [0.1, 0.15) is 6.92 Å². The van der Waals surface area contributed by atoms with E-state index in [9.17, 15) is 13.6 Å². The fourth-order valence-corrected chi connectivity index (χ4v) is 2.06. The van der Waals surface area contributed by atoms with Crippen LogP contribution in [-0.2, 0) is 9.53 Å². The molecule has 6 heteroatoms. The molecule has 0 aliphatic rings. The number of rotatable bonds is 6. The Bertz CT molecular complexity index is 415. The molecule has 1 aromatic carbocycles. The molecule has 0 saturated carbocycles. The zero-order valence-corrected chi connectivity index (χ0v) is 11.0. The van der Waals surface area contributed by atoms with Crippen molar-refractivity contribution in [2.75, 3.05) is 19.5 Å². The minimum atomic E-state index is -0.909. The van der Waals surface area contributed by atoms with Crippen LogP contribution in [0.25, 0.3) is 0 Å². The third-order valence-corrected chi connectivity index (χ3v) is 3.08. The fourth-order valence-electron chi connectivity index (χ4n) is 1.32. The predicted octanol–water partition coefficient (Wildman–Crippen LogP) is 2.21. The molecule has 0 aromatic heterocycles. The standard InChI is InChI=1S/C12H15F2NO2S/c1-8(6-17-2)15-12(16)7-18-9-3-4-10(13)11(14)5-9/h3-5,8H,6-7H2,1-2H3,(H,15,16). The summed E-state index contributed by atoms with van der Waals surface area (Å²) in [5.74, 6) is -1.82. The van der Waals surface area contributed by atoms with Crippen molar-refractivity contribution in [1.82, 2.24) is 5.32 Å². The second-order valence-electron chi connectivity index (χ2n) is 3.79. The van der Waals surface area contributed by atoms with Gasteiger partial charge in [0, 0.05) is 18.0 Å². The van der Waals surface area contributed by atoms with Crippen molar-refractivity contribution in [3.8, 4) is 0 Å². The number of nitrogens with one attached hydrogen (secondary N) is 1. The number of amides is 1. The van der Waals surface area contributed by atoms with Crippen LogP contribution in [0, 0.1) is 11.6 Å². The van der Waals surface area contributed by atoms with Crippen molar-refractivity contribution >= 4 is 17.7 Å². The normalized spacial score (nSPS) is 12.2. The molecule has 18 heavy (non-hydrogen) atoms. The highest BCUT2D eigenvalue weighted by Gasteiger charge is 2.08. The smallest absolute Gasteiger partial charge is 0.230 e. The number of carbonyl (C=O) groups is 1. The molecule has 3 nitrogen and oxygen atoms in total. The molecule has 1 unspecified atom stereocenters. The molecule has 1 atom stereocenters. The minimum absolute atomic E-state index is 0.0759. The molecule has 0 aliphatic carbocycles. The van der Waals surface area contributed by atoms with Crippen molar-refractivity contribution in [3.63, 3.8) is 0 Å². The minimum Gasteiger partial charge on any atom is -0.383 e. The molecule has 0 spiro atoms. The van der Waals surface area contributed by atoms with Gasteiger partial charge in [0.1, 0.15) is 0 Å². The molecule has 0 aliphatic heterocycles. The van der Waals surface area contributed by atoms with Crippen LogP contribution in [0.3, 0.4) is 0 Å². The Kier molecular flexibility index (Phi) is 6.07. The second-order valence-corrected chi connectivity index (χ2v) is 4.84. The Morgan fingerprint density at radius 1 is 1.44 bits per heavy atom. The maximum atomic E-state index is 12.9. The monoisotopic (exact) mass is 275 g/mol. The number of hydrogen-bond donors (Lipinski definition) is 1. The first-order chi connectivity index (χ1) is 8.52. The maximum absolute atomic E-state index is 12.9. The van der Waals surface area contributed by atoms with Gasteiger partial charge in [-0.25, -0.2) is 8.78 Å². The number of methoxy groups -OCH3 is 1. The maximum Gasteiger partial charge on any atom is 0.230 e. The average Bonchev–Trinajstić information content (AvgIpc) is 2.31. The van der Waals surface area contributed by atoms with Crippen molar-refractivity contribution in [2.24, 2.45) is 0 Å². The summed E-state index contributed by atoms with van der Waals surface area (Å²) in [6.07, 6.45) is 0. The Hall–Kier alpha value is -1.14. The van der Waals surface area contributed by atoms with Gasteiger partial charge in [-0.1, -0.05) is 0 Å². The highest BCUT2D eigenvalue weighted by molar-refractivity contribution is 8.00. The van der Waals surface area contributed by atoms with E-state index in [-0.39, 0.29) is 17.7 Å².